The SMILES string of the molecule is O=C(c1ccc(Br)cc1)c1ccc(N2CCC(CO)CC2)cc1. The predicted octanol–water partition coefficient (Wildman–Crippen LogP) is 3.89. The molecule has 120 valence electrons. The molecule has 1 heterocycles. The number of hydrogen-bond donors (Lipinski definition) is 1. The Labute approximate surface area is 145 Å². The standard InChI is InChI=1S/C19H20BrNO2/c20-17-5-1-15(2-6-17)19(23)16-3-7-18(8-4-16)21-11-9-14(13-22)10-12-21/h1-8,14,22H,9-13H2. The maximum Gasteiger partial charge on any atom is 0.193 e. The van der Waals surface area contributed by atoms with Gasteiger partial charge in [-0.1, -0.05) is 15.9 Å². The Morgan fingerprint density at radius 1 is 1.00 bits per heavy atom. The lowest BCUT2D eigenvalue weighted by atomic mass is 9.97. The van der Waals surface area contributed by atoms with Crippen LogP contribution >= 0.6 is 15.9 Å². The molecule has 0 unspecified atom stereocenters. The number of aliphatic hydroxyl groups excluding tert-OH is 1. The van der Waals surface area contributed by atoms with Gasteiger partial charge in [0.15, 0.2) is 5.78 Å². The topological polar surface area (TPSA) is 40.5 Å². The van der Waals surface area contributed by atoms with Crippen LogP contribution in [0.1, 0.15) is 28.8 Å². The molecule has 0 amide bonds. The Morgan fingerprint density at radius 3 is 2.04 bits per heavy atom. The molecule has 3 rings (SSSR count). The van der Waals surface area contributed by atoms with Gasteiger partial charge in [0.25, 0.3) is 0 Å². The van der Waals surface area contributed by atoms with Gasteiger partial charge < -0.3 is 10.0 Å². The number of rotatable bonds is 4. The van der Waals surface area contributed by atoms with Gasteiger partial charge in [-0.3, -0.25) is 4.79 Å². The summed E-state index contributed by atoms with van der Waals surface area (Å²) in [6.45, 7) is 2.21. The van der Waals surface area contributed by atoms with Crippen molar-refractivity contribution in [3.8, 4) is 0 Å². The van der Waals surface area contributed by atoms with E-state index < -0.39 is 0 Å². The summed E-state index contributed by atoms with van der Waals surface area (Å²) in [7, 11) is 0. The fourth-order valence-corrected chi connectivity index (χ4v) is 3.23. The Bertz CT molecular complexity index is 659. The monoisotopic (exact) mass is 373 g/mol. The summed E-state index contributed by atoms with van der Waals surface area (Å²) in [6, 6.07) is 15.3. The highest BCUT2D eigenvalue weighted by atomic mass is 79.9. The highest BCUT2D eigenvalue weighted by Crippen LogP contribution is 2.24. The van der Waals surface area contributed by atoms with Crippen molar-refractivity contribution < 1.29 is 9.90 Å². The molecule has 0 bridgehead atoms. The van der Waals surface area contributed by atoms with E-state index in [0.29, 0.717) is 17.0 Å². The molecule has 3 nitrogen and oxygen atoms in total. The van der Waals surface area contributed by atoms with Crippen molar-refractivity contribution in [1.29, 1.82) is 0 Å². The number of carbonyl (C=O) groups is 1. The van der Waals surface area contributed by atoms with Gasteiger partial charge in [0.2, 0.25) is 0 Å². The molecule has 1 aliphatic heterocycles. The molecule has 1 N–H and O–H groups in total. The van der Waals surface area contributed by atoms with Crippen LogP contribution in [0.15, 0.2) is 53.0 Å². The molecule has 1 aliphatic rings. The van der Waals surface area contributed by atoms with Gasteiger partial charge in [0.1, 0.15) is 0 Å². The van der Waals surface area contributed by atoms with Crippen molar-refractivity contribution in [3.63, 3.8) is 0 Å². The molecule has 1 fully saturated rings. The van der Waals surface area contributed by atoms with Crippen molar-refractivity contribution in [1.82, 2.24) is 0 Å². The zero-order valence-electron chi connectivity index (χ0n) is 12.9. The summed E-state index contributed by atoms with van der Waals surface area (Å²) in [5.41, 5.74) is 2.56. The Kier molecular flexibility index (Phi) is 5.13. The first-order valence-corrected chi connectivity index (χ1v) is 8.73. The van der Waals surface area contributed by atoms with Crippen LogP contribution in [0.5, 0.6) is 0 Å². The molecule has 4 heteroatoms. The fraction of sp³-hybridized carbons (Fsp3) is 0.316. The summed E-state index contributed by atoms with van der Waals surface area (Å²) in [4.78, 5) is 14.8. The number of aliphatic hydroxyl groups is 1. The zero-order chi connectivity index (χ0) is 16.2. The van der Waals surface area contributed by atoms with Crippen LogP contribution in [0.3, 0.4) is 0 Å². The van der Waals surface area contributed by atoms with Gasteiger partial charge in [0, 0.05) is 41.0 Å². The van der Waals surface area contributed by atoms with E-state index >= 15 is 0 Å². The lowest BCUT2D eigenvalue weighted by molar-refractivity contribution is 0.103. The largest absolute Gasteiger partial charge is 0.396 e. The minimum atomic E-state index is 0.0445. The van der Waals surface area contributed by atoms with E-state index in [2.05, 4.69) is 20.8 Å². The third-order valence-corrected chi connectivity index (χ3v) is 5.00. The summed E-state index contributed by atoms with van der Waals surface area (Å²) in [6.07, 6.45) is 2.05. The second kappa shape index (κ2) is 7.28. The summed E-state index contributed by atoms with van der Waals surface area (Å²) in [5, 5.41) is 9.21. The number of anilines is 1. The zero-order valence-corrected chi connectivity index (χ0v) is 14.5. The second-order valence-electron chi connectivity index (χ2n) is 6.00. The first kappa shape index (κ1) is 16.2. The first-order valence-electron chi connectivity index (χ1n) is 7.93. The Morgan fingerprint density at radius 2 is 1.52 bits per heavy atom. The normalized spacial score (nSPS) is 15.7. The van der Waals surface area contributed by atoms with Crippen molar-refractivity contribution >= 4 is 27.4 Å². The average molecular weight is 374 g/mol. The van der Waals surface area contributed by atoms with Gasteiger partial charge in [-0.05, 0) is 67.3 Å². The number of halogens is 1. The maximum atomic E-state index is 12.5. The van der Waals surface area contributed by atoms with Crippen LogP contribution in [0.2, 0.25) is 0 Å². The van der Waals surface area contributed by atoms with E-state index in [4.69, 9.17) is 0 Å². The molecule has 2 aromatic carbocycles. The highest BCUT2D eigenvalue weighted by molar-refractivity contribution is 9.10. The lowest BCUT2D eigenvalue weighted by Gasteiger charge is -2.32. The van der Waals surface area contributed by atoms with E-state index in [9.17, 15) is 9.90 Å². The molecule has 1 saturated heterocycles. The molecule has 23 heavy (non-hydrogen) atoms. The smallest absolute Gasteiger partial charge is 0.193 e. The van der Waals surface area contributed by atoms with Gasteiger partial charge in [0.05, 0.1) is 0 Å². The van der Waals surface area contributed by atoms with Gasteiger partial charge in [-0.15, -0.1) is 0 Å². The average Bonchev–Trinajstić information content (AvgIpc) is 2.62. The van der Waals surface area contributed by atoms with E-state index in [-0.39, 0.29) is 12.4 Å². The number of benzene rings is 2. The van der Waals surface area contributed by atoms with E-state index in [0.717, 1.165) is 36.1 Å². The van der Waals surface area contributed by atoms with Crippen LogP contribution in [0.25, 0.3) is 0 Å². The Balaban J connectivity index is 1.69. The molecule has 0 radical (unpaired) electrons. The van der Waals surface area contributed by atoms with Crippen LogP contribution in [-0.2, 0) is 0 Å². The molecular formula is C19H20BrNO2. The van der Waals surface area contributed by atoms with Crippen molar-refractivity contribution in [2.24, 2.45) is 5.92 Å². The van der Waals surface area contributed by atoms with Crippen molar-refractivity contribution in [2.45, 2.75) is 12.8 Å². The van der Waals surface area contributed by atoms with E-state index in [1.165, 1.54) is 0 Å². The van der Waals surface area contributed by atoms with Crippen LogP contribution in [0.4, 0.5) is 5.69 Å². The van der Waals surface area contributed by atoms with E-state index in [1.807, 2.05) is 48.5 Å². The third-order valence-electron chi connectivity index (χ3n) is 4.47. The minimum absolute atomic E-state index is 0.0445. The molecule has 0 atom stereocenters. The fourth-order valence-electron chi connectivity index (χ4n) is 2.97. The highest BCUT2D eigenvalue weighted by Gasteiger charge is 2.19. The van der Waals surface area contributed by atoms with Gasteiger partial charge in [-0.25, -0.2) is 0 Å². The number of ketones is 1. The number of hydrogen-bond acceptors (Lipinski definition) is 3. The van der Waals surface area contributed by atoms with Gasteiger partial charge in [-0.2, -0.15) is 0 Å². The predicted molar refractivity (Wildman–Crippen MR) is 96.0 cm³/mol. The number of piperidine rings is 1. The van der Waals surface area contributed by atoms with Gasteiger partial charge >= 0.3 is 0 Å². The summed E-state index contributed by atoms with van der Waals surface area (Å²) in [5.74, 6) is 0.479. The Hall–Kier alpha value is -1.65. The number of carbonyl (C=O) groups excluding carboxylic acids is 1. The van der Waals surface area contributed by atoms with Crippen LogP contribution in [0, 0.1) is 5.92 Å². The maximum absolute atomic E-state index is 12.5. The molecule has 0 spiro atoms. The van der Waals surface area contributed by atoms with Crippen LogP contribution in [-0.4, -0.2) is 30.6 Å². The first-order chi connectivity index (χ1) is 11.2. The van der Waals surface area contributed by atoms with Crippen molar-refractivity contribution in [3.05, 3.63) is 64.1 Å². The molecule has 0 aromatic heterocycles. The molecule has 2 aromatic rings. The van der Waals surface area contributed by atoms with Crippen molar-refractivity contribution in [2.75, 3.05) is 24.6 Å². The van der Waals surface area contributed by atoms with Crippen LogP contribution < -0.4 is 4.90 Å². The second-order valence-corrected chi connectivity index (χ2v) is 6.91. The lowest BCUT2D eigenvalue weighted by Crippen LogP contribution is -2.34. The minimum Gasteiger partial charge on any atom is -0.396 e. The third kappa shape index (κ3) is 3.82. The summed E-state index contributed by atoms with van der Waals surface area (Å²) >= 11 is 3.38. The van der Waals surface area contributed by atoms with E-state index in [1.54, 1.807) is 0 Å². The number of nitrogens with zero attached hydrogens (tertiary/aromatic N) is 1. The summed E-state index contributed by atoms with van der Waals surface area (Å²) < 4.78 is 0.968. The molecule has 0 saturated carbocycles. The molecule has 0 aliphatic carbocycles. The quantitative estimate of drug-likeness (QED) is 0.826. The molecular weight excluding hydrogens is 354 g/mol.